The van der Waals surface area contributed by atoms with Gasteiger partial charge in [-0.25, -0.2) is 4.79 Å². The van der Waals surface area contributed by atoms with Crippen molar-refractivity contribution in [2.24, 2.45) is 0 Å². The van der Waals surface area contributed by atoms with Crippen molar-refractivity contribution < 1.29 is 19.4 Å². The molecule has 32 heavy (non-hydrogen) atoms. The molecule has 0 radical (unpaired) electrons. The van der Waals surface area contributed by atoms with E-state index in [4.69, 9.17) is 4.74 Å². The van der Waals surface area contributed by atoms with Gasteiger partial charge in [-0.15, -0.1) is 12.4 Å². The molecule has 0 aliphatic carbocycles. The van der Waals surface area contributed by atoms with Crippen molar-refractivity contribution in [3.8, 4) is 5.75 Å². The first kappa shape index (κ1) is 25.9. The van der Waals surface area contributed by atoms with Gasteiger partial charge in [0.15, 0.2) is 0 Å². The van der Waals surface area contributed by atoms with Gasteiger partial charge in [-0.2, -0.15) is 0 Å². The lowest BCUT2D eigenvalue weighted by molar-refractivity contribution is -0.141. The van der Waals surface area contributed by atoms with Crippen LogP contribution in [0, 0.1) is 0 Å². The molecule has 1 aliphatic rings. The van der Waals surface area contributed by atoms with Gasteiger partial charge in [0.05, 0.1) is 6.61 Å². The lowest BCUT2D eigenvalue weighted by atomic mass is 10.0. The zero-order valence-corrected chi connectivity index (χ0v) is 19.5. The summed E-state index contributed by atoms with van der Waals surface area (Å²) >= 11 is 0. The molecular weight excluding hydrogens is 430 g/mol. The topological polar surface area (TPSA) is 90.9 Å². The second-order valence-electron chi connectivity index (χ2n) is 8.05. The molecular formula is C24H34ClN3O4. The third-order valence-corrected chi connectivity index (χ3v) is 5.52. The number of amides is 1. The number of halogens is 1. The van der Waals surface area contributed by atoms with E-state index in [1.165, 1.54) is 0 Å². The van der Waals surface area contributed by atoms with Crippen LogP contribution in [-0.4, -0.2) is 67.3 Å². The number of piperazine rings is 1. The smallest absolute Gasteiger partial charge is 0.326 e. The maximum absolute atomic E-state index is 11.8. The van der Waals surface area contributed by atoms with Gasteiger partial charge in [-0.3, -0.25) is 4.79 Å². The Balaban J connectivity index is 0.00000363. The average molecular weight is 464 g/mol. The zero-order valence-electron chi connectivity index (χ0n) is 18.6. The molecule has 1 heterocycles. The maximum Gasteiger partial charge on any atom is 0.326 e. The maximum atomic E-state index is 11.8. The second kappa shape index (κ2) is 13.3. The first-order valence-electron chi connectivity index (χ1n) is 11.2. The second-order valence-corrected chi connectivity index (χ2v) is 8.05. The van der Waals surface area contributed by atoms with Crippen LogP contribution in [0.15, 0.2) is 36.4 Å². The molecule has 2 aromatic rings. The van der Waals surface area contributed by atoms with E-state index in [9.17, 15) is 14.7 Å². The Morgan fingerprint density at radius 1 is 1.16 bits per heavy atom. The number of aliphatic carboxylic acids is 1. The van der Waals surface area contributed by atoms with Crippen LogP contribution in [0.25, 0.3) is 10.8 Å². The Hall–Kier alpha value is -2.35. The Bertz CT molecular complexity index is 887. The highest BCUT2D eigenvalue weighted by Gasteiger charge is 2.20. The molecule has 1 amide bonds. The van der Waals surface area contributed by atoms with E-state index in [1.807, 2.05) is 43.3 Å². The molecule has 8 heteroatoms. The van der Waals surface area contributed by atoms with Crippen molar-refractivity contribution in [3.63, 3.8) is 0 Å². The zero-order chi connectivity index (χ0) is 22.1. The van der Waals surface area contributed by atoms with Crippen molar-refractivity contribution in [2.75, 3.05) is 39.3 Å². The third kappa shape index (κ3) is 7.97. The van der Waals surface area contributed by atoms with E-state index < -0.39 is 12.0 Å². The van der Waals surface area contributed by atoms with E-state index in [-0.39, 0.29) is 24.7 Å². The highest BCUT2D eigenvalue weighted by molar-refractivity contribution is 5.86. The number of hydrogen-bond donors (Lipinski definition) is 3. The van der Waals surface area contributed by atoms with Gasteiger partial charge in [0.1, 0.15) is 11.8 Å². The quantitative estimate of drug-likeness (QED) is 0.444. The fourth-order valence-corrected chi connectivity index (χ4v) is 3.83. The van der Waals surface area contributed by atoms with E-state index in [2.05, 4.69) is 15.5 Å². The van der Waals surface area contributed by atoms with Gasteiger partial charge in [-0.1, -0.05) is 31.2 Å². The molecule has 3 rings (SSSR count). The van der Waals surface area contributed by atoms with Crippen molar-refractivity contribution in [2.45, 2.75) is 38.6 Å². The molecule has 1 atom stereocenters. The minimum absolute atomic E-state index is 0. The van der Waals surface area contributed by atoms with Crippen LogP contribution in [0.1, 0.15) is 31.7 Å². The van der Waals surface area contributed by atoms with Gasteiger partial charge in [0, 0.05) is 45.6 Å². The van der Waals surface area contributed by atoms with E-state index in [1.54, 1.807) is 0 Å². The molecule has 1 unspecified atom stereocenters. The average Bonchev–Trinajstić information content (AvgIpc) is 2.77. The Morgan fingerprint density at radius 3 is 2.59 bits per heavy atom. The number of fused-ring (bicyclic) bond motifs is 1. The van der Waals surface area contributed by atoms with Crippen LogP contribution in [-0.2, 0) is 16.0 Å². The number of carbonyl (C=O) groups is 2. The number of carboxylic acid groups (broad SMARTS) is 1. The van der Waals surface area contributed by atoms with Crippen molar-refractivity contribution in [3.05, 3.63) is 42.0 Å². The third-order valence-electron chi connectivity index (χ3n) is 5.52. The number of ether oxygens (including phenoxy) is 1. The minimum atomic E-state index is -1.02. The standard InChI is InChI=1S/C24H33N3O4.ClH/c1-2-4-23(28)26-22(24(29)30)16-18-5-6-20-17-21(8-7-19(20)15-18)31-14-3-11-27-12-9-25-10-13-27;/h5-8,15,17,22,25H,2-4,9-14,16H2,1H3,(H,26,28)(H,29,30);1H. The van der Waals surface area contributed by atoms with E-state index in [0.29, 0.717) is 19.4 Å². The summed E-state index contributed by atoms with van der Waals surface area (Å²) < 4.78 is 5.93. The monoisotopic (exact) mass is 463 g/mol. The number of hydrogen-bond acceptors (Lipinski definition) is 5. The number of carboxylic acids is 1. The Labute approximate surface area is 195 Å². The molecule has 1 fully saturated rings. The SMILES string of the molecule is CCCC(=O)NC(Cc1ccc2cc(OCCCN3CCNCC3)ccc2c1)C(=O)O.Cl. The normalized spacial score (nSPS) is 15.0. The van der Waals surface area contributed by atoms with Gasteiger partial charge < -0.3 is 25.4 Å². The number of nitrogens with zero attached hydrogens (tertiary/aromatic N) is 1. The molecule has 1 aliphatic heterocycles. The number of rotatable bonds is 11. The summed E-state index contributed by atoms with van der Waals surface area (Å²) in [6, 6.07) is 10.9. The predicted octanol–water partition coefficient (Wildman–Crippen LogP) is 2.85. The van der Waals surface area contributed by atoms with Crippen LogP contribution < -0.4 is 15.4 Å². The number of carbonyl (C=O) groups excluding carboxylic acids is 1. The molecule has 0 spiro atoms. The molecule has 7 nitrogen and oxygen atoms in total. The number of benzene rings is 2. The van der Waals surface area contributed by atoms with Crippen molar-refractivity contribution in [1.82, 2.24) is 15.5 Å². The van der Waals surface area contributed by atoms with Gasteiger partial charge in [0.2, 0.25) is 5.91 Å². The van der Waals surface area contributed by atoms with Crippen molar-refractivity contribution >= 4 is 35.1 Å². The minimum Gasteiger partial charge on any atom is -0.494 e. The van der Waals surface area contributed by atoms with Crippen LogP contribution in [0.5, 0.6) is 5.75 Å². The Morgan fingerprint density at radius 2 is 1.88 bits per heavy atom. The van der Waals surface area contributed by atoms with E-state index >= 15 is 0 Å². The van der Waals surface area contributed by atoms with E-state index in [0.717, 1.165) is 61.2 Å². The summed E-state index contributed by atoms with van der Waals surface area (Å²) in [4.78, 5) is 25.8. The molecule has 176 valence electrons. The first-order valence-corrected chi connectivity index (χ1v) is 11.2. The van der Waals surface area contributed by atoms with Crippen molar-refractivity contribution in [1.29, 1.82) is 0 Å². The van der Waals surface area contributed by atoms with Gasteiger partial charge >= 0.3 is 5.97 Å². The van der Waals surface area contributed by atoms with Gasteiger partial charge in [0.25, 0.3) is 0 Å². The summed E-state index contributed by atoms with van der Waals surface area (Å²) in [6.07, 6.45) is 2.27. The summed E-state index contributed by atoms with van der Waals surface area (Å²) in [5, 5.41) is 17.5. The molecule has 2 aromatic carbocycles. The predicted molar refractivity (Wildman–Crippen MR) is 129 cm³/mol. The lowest BCUT2D eigenvalue weighted by Gasteiger charge is -2.26. The molecule has 0 bridgehead atoms. The molecule has 1 saturated heterocycles. The summed E-state index contributed by atoms with van der Waals surface area (Å²) in [7, 11) is 0. The van der Waals surface area contributed by atoms with Crippen LogP contribution in [0.3, 0.4) is 0 Å². The molecule has 0 saturated carbocycles. The summed E-state index contributed by atoms with van der Waals surface area (Å²) in [5.74, 6) is -0.403. The van der Waals surface area contributed by atoms with Crippen LogP contribution in [0.4, 0.5) is 0 Å². The van der Waals surface area contributed by atoms with Crippen LogP contribution >= 0.6 is 12.4 Å². The molecule has 0 aromatic heterocycles. The summed E-state index contributed by atoms with van der Waals surface area (Å²) in [6.45, 7) is 7.96. The first-order chi connectivity index (χ1) is 15.0. The largest absolute Gasteiger partial charge is 0.494 e. The fourth-order valence-electron chi connectivity index (χ4n) is 3.83. The number of nitrogens with one attached hydrogen (secondary N) is 2. The Kier molecular flexibility index (Phi) is 10.7. The summed E-state index contributed by atoms with van der Waals surface area (Å²) in [5.41, 5.74) is 0.876. The van der Waals surface area contributed by atoms with Crippen LogP contribution in [0.2, 0.25) is 0 Å². The lowest BCUT2D eigenvalue weighted by Crippen LogP contribution is -2.43. The van der Waals surface area contributed by atoms with Gasteiger partial charge in [-0.05, 0) is 41.3 Å². The fraction of sp³-hybridized carbons (Fsp3) is 0.500. The molecule has 3 N–H and O–H groups in total. The highest BCUT2D eigenvalue weighted by atomic mass is 35.5. The highest BCUT2D eigenvalue weighted by Crippen LogP contribution is 2.23.